The fourth-order valence-corrected chi connectivity index (χ4v) is 2.67. The van der Waals surface area contributed by atoms with E-state index < -0.39 is 29.1 Å². The maximum atomic E-state index is 13.5. The molecule has 10 heteroatoms. The lowest BCUT2D eigenvalue weighted by atomic mass is 10.2. The second kappa shape index (κ2) is 7.71. The minimum absolute atomic E-state index is 0.0474. The van der Waals surface area contributed by atoms with E-state index in [9.17, 15) is 22.0 Å². The molecule has 0 fully saturated rings. The second-order valence-electron chi connectivity index (χ2n) is 6.36. The van der Waals surface area contributed by atoms with E-state index in [0.717, 1.165) is 24.3 Å². The van der Waals surface area contributed by atoms with Crippen molar-refractivity contribution in [3.8, 4) is 40.1 Å². The summed E-state index contributed by atoms with van der Waals surface area (Å²) < 4.78 is 75.4. The largest absolute Gasteiger partial charge is 0.503 e. The first kappa shape index (κ1) is 20.3. The summed E-state index contributed by atoms with van der Waals surface area (Å²) in [5, 5.41) is 12.9. The van der Waals surface area contributed by atoms with Gasteiger partial charge in [0.25, 0.3) is 5.89 Å². The van der Waals surface area contributed by atoms with Gasteiger partial charge in [0.1, 0.15) is 11.5 Å². The van der Waals surface area contributed by atoms with Crippen LogP contribution in [0.5, 0.6) is 17.2 Å². The van der Waals surface area contributed by atoms with Crippen molar-refractivity contribution in [3.63, 3.8) is 0 Å². The van der Waals surface area contributed by atoms with E-state index in [2.05, 4.69) is 10.1 Å². The number of aromatic nitrogens is 2. The molecule has 0 atom stereocenters. The van der Waals surface area contributed by atoms with Crippen LogP contribution in [0.15, 0.2) is 65.2 Å². The maximum absolute atomic E-state index is 13.5. The first-order valence-corrected chi connectivity index (χ1v) is 8.68. The van der Waals surface area contributed by atoms with Gasteiger partial charge in [0.15, 0.2) is 17.4 Å². The summed E-state index contributed by atoms with van der Waals surface area (Å²) >= 11 is 0. The number of phenolic OH excluding ortho intramolecular Hbond substituents is 1. The molecule has 0 saturated carbocycles. The smallest absolute Gasteiger partial charge is 0.416 e. The lowest BCUT2D eigenvalue weighted by molar-refractivity contribution is -0.137. The molecule has 0 bridgehead atoms. The van der Waals surface area contributed by atoms with Crippen LogP contribution in [0, 0.1) is 11.6 Å². The van der Waals surface area contributed by atoms with Crippen molar-refractivity contribution >= 4 is 0 Å². The van der Waals surface area contributed by atoms with Crippen LogP contribution >= 0.6 is 0 Å². The molecule has 0 radical (unpaired) electrons. The Kier molecular flexibility index (Phi) is 5.05. The van der Waals surface area contributed by atoms with Crippen molar-refractivity contribution in [3.05, 3.63) is 77.9 Å². The minimum Gasteiger partial charge on any atom is -0.503 e. The molecule has 3 aromatic carbocycles. The lowest BCUT2D eigenvalue weighted by Crippen LogP contribution is -2.03. The van der Waals surface area contributed by atoms with Gasteiger partial charge in [0.2, 0.25) is 5.82 Å². The number of hydrogen-bond acceptors (Lipinski definition) is 5. The standard InChI is InChI=1S/C21H11F5N2O3/c22-16-9-12(10-17(23)18(16)29)20-27-19(28-31-20)11-1-5-14(6-2-11)30-15-7-3-13(4-8-15)21(24,25)26/h1-10,29H. The summed E-state index contributed by atoms with van der Waals surface area (Å²) in [5.74, 6) is -2.89. The lowest BCUT2D eigenvalue weighted by Gasteiger charge is -2.09. The van der Waals surface area contributed by atoms with Gasteiger partial charge >= 0.3 is 6.18 Å². The van der Waals surface area contributed by atoms with Crippen LogP contribution in [0.1, 0.15) is 5.56 Å². The molecule has 5 nitrogen and oxygen atoms in total. The van der Waals surface area contributed by atoms with Gasteiger partial charge in [-0.3, -0.25) is 0 Å². The normalized spacial score (nSPS) is 11.5. The Morgan fingerprint density at radius 2 is 1.35 bits per heavy atom. The van der Waals surface area contributed by atoms with Crippen LogP contribution < -0.4 is 4.74 Å². The van der Waals surface area contributed by atoms with E-state index in [4.69, 9.17) is 14.4 Å². The Morgan fingerprint density at radius 1 is 0.806 bits per heavy atom. The maximum Gasteiger partial charge on any atom is 0.416 e. The van der Waals surface area contributed by atoms with E-state index in [0.29, 0.717) is 11.3 Å². The molecule has 4 rings (SSSR count). The van der Waals surface area contributed by atoms with Crippen LogP contribution in [0.25, 0.3) is 22.8 Å². The van der Waals surface area contributed by atoms with Crippen molar-refractivity contribution in [1.82, 2.24) is 10.1 Å². The summed E-state index contributed by atoms with van der Waals surface area (Å²) in [5.41, 5.74) is -0.334. The SMILES string of the molecule is Oc1c(F)cc(-c2nc(-c3ccc(Oc4ccc(C(F)(F)F)cc4)cc3)no2)cc1F. The molecule has 1 N–H and O–H groups in total. The van der Waals surface area contributed by atoms with E-state index in [1.807, 2.05) is 0 Å². The number of aromatic hydroxyl groups is 1. The Morgan fingerprint density at radius 3 is 1.90 bits per heavy atom. The molecule has 1 aromatic heterocycles. The summed E-state index contributed by atoms with van der Waals surface area (Å²) in [6.45, 7) is 0. The van der Waals surface area contributed by atoms with E-state index in [1.165, 1.54) is 12.1 Å². The van der Waals surface area contributed by atoms with Crippen molar-refractivity contribution < 1.29 is 36.3 Å². The van der Waals surface area contributed by atoms with Crippen molar-refractivity contribution in [2.24, 2.45) is 0 Å². The minimum atomic E-state index is -4.43. The third-order valence-corrected chi connectivity index (χ3v) is 4.22. The highest BCUT2D eigenvalue weighted by molar-refractivity contribution is 5.61. The summed E-state index contributed by atoms with van der Waals surface area (Å²) in [4.78, 5) is 4.07. The summed E-state index contributed by atoms with van der Waals surface area (Å²) in [6.07, 6.45) is -4.43. The van der Waals surface area contributed by atoms with Gasteiger partial charge in [-0.25, -0.2) is 8.78 Å². The third-order valence-electron chi connectivity index (χ3n) is 4.22. The summed E-state index contributed by atoms with van der Waals surface area (Å²) in [7, 11) is 0. The highest BCUT2D eigenvalue weighted by Gasteiger charge is 2.30. The zero-order valence-corrected chi connectivity index (χ0v) is 15.3. The molecule has 4 aromatic rings. The van der Waals surface area contributed by atoms with Gasteiger partial charge in [0, 0.05) is 11.1 Å². The molecule has 1 heterocycles. The molecule has 0 aliphatic heterocycles. The first-order valence-electron chi connectivity index (χ1n) is 8.68. The number of alkyl halides is 3. The fourth-order valence-electron chi connectivity index (χ4n) is 2.67. The van der Waals surface area contributed by atoms with Gasteiger partial charge in [-0.2, -0.15) is 18.2 Å². The quantitative estimate of drug-likeness (QED) is 0.388. The van der Waals surface area contributed by atoms with Gasteiger partial charge in [-0.05, 0) is 60.7 Å². The Bertz CT molecular complexity index is 1200. The molecular formula is C21H11F5N2O3. The number of rotatable bonds is 4. The van der Waals surface area contributed by atoms with E-state index >= 15 is 0 Å². The zero-order valence-electron chi connectivity index (χ0n) is 15.3. The topological polar surface area (TPSA) is 68.4 Å². The van der Waals surface area contributed by atoms with Gasteiger partial charge < -0.3 is 14.4 Å². The number of phenols is 1. The Hall–Kier alpha value is -3.95. The molecule has 31 heavy (non-hydrogen) atoms. The Labute approximate surface area is 171 Å². The number of ether oxygens (including phenoxy) is 1. The van der Waals surface area contributed by atoms with Crippen LogP contribution in [-0.4, -0.2) is 15.2 Å². The molecule has 0 spiro atoms. The zero-order chi connectivity index (χ0) is 22.2. The highest BCUT2D eigenvalue weighted by atomic mass is 19.4. The Balaban J connectivity index is 1.50. The molecule has 0 aliphatic carbocycles. The highest BCUT2D eigenvalue weighted by Crippen LogP contribution is 2.32. The molecule has 158 valence electrons. The van der Waals surface area contributed by atoms with Crippen molar-refractivity contribution in [2.45, 2.75) is 6.18 Å². The van der Waals surface area contributed by atoms with Gasteiger partial charge in [-0.15, -0.1) is 0 Å². The average molecular weight is 434 g/mol. The third kappa shape index (κ3) is 4.32. The number of hydrogen-bond donors (Lipinski definition) is 1. The monoisotopic (exact) mass is 434 g/mol. The van der Waals surface area contributed by atoms with Crippen molar-refractivity contribution in [1.29, 1.82) is 0 Å². The predicted molar refractivity (Wildman–Crippen MR) is 98.3 cm³/mol. The molecule has 0 amide bonds. The molecule has 0 saturated heterocycles. The molecule has 0 aliphatic rings. The predicted octanol–water partition coefficient (Wildman–Crippen LogP) is 6.20. The van der Waals surface area contributed by atoms with Crippen LogP contribution in [0.4, 0.5) is 22.0 Å². The summed E-state index contributed by atoms with van der Waals surface area (Å²) in [6, 6.07) is 12.2. The molecular weight excluding hydrogens is 423 g/mol. The number of halogens is 5. The van der Waals surface area contributed by atoms with Gasteiger partial charge in [0.05, 0.1) is 5.56 Å². The van der Waals surface area contributed by atoms with E-state index in [1.54, 1.807) is 24.3 Å². The van der Waals surface area contributed by atoms with E-state index in [-0.39, 0.29) is 23.0 Å². The van der Waals surface area contributed by atoms with Crippen LogP contribution in [-0.2, 0) is 6.18 Å². The van der Waals surface area contributed by atoms with Crippen LogP contribution in [0.2, 0.25) is 0 Å². The second-order valence-corrected chi connectivity index (χ2v) is 6.36. The number of nitrogens with zero attached hydrogens (tertiary/aromatic N) is 2. The first-order chi connectivity index (χ1) is 14.7. The van der Waals surface area contributed by atoms with Crippen molar-refractivity contribution in [2.75, 3.05) is 0 Å². The average Bonchev–Trinajstić information content (AvgIpc) is 3.22. The van der Waals surface area contributed by atoms with Crippen LogP contribution in [0.3, 0.4) is 0 Å². The number of benzene rings is 3. The van der Waals surface area contributed by atoms with Gasteiger partial charge in [-0.1, -0.05) is 5.16 Å². The molecule has 0 unspecified atom stereocenters. The fraction of sp³-hybridized carbons (Fsp3) is 0.0476.